The smallest absolute Gasteiger partial charge is 0.255 e. The molecule has 140 valence electrons. The molecule has 0 fully saturated rings. The molecule has 0 aliphatic heterocycles. The van der Waals surface area contributed by atoms with E-state index in [0.29, 0.717) is 6.61 Å². The van der Waals surface area contributed by atoms with E-state index in [1.54, 1.807) is 6.92 Å². The zero-order chi connectivity index (χ0) is 19.5. The lowest BCUT2D eigenvalue weighted by atomic mass is 10.2. The van der Waals surface area contributed by atoms with Gasteiger partial charge in [0.25, 0.3) is 5.91 Å². The fourth-order valence-corrected chi connectivity index (χ4v) is 3.40. The van der Waals surface area contributed by atoms with Gasteiger partial charge in [-0.3, -0.25) is 4.79 Å². The van der Waals surface area contributed by atoms with Gasteiger partial charge in [-0.15, -0.1) is 0 Å². The predicted octanol–water partition coefficient (Wildman–Crippen LogP) is 3.49. The van der Waals surface area contributed by atoms with Crippen molar-refractivity contribution >= 4 is 37.5 Å². The normalized spacial score (nSPS) is 11.5. The van der Waals surface area contributed by atoms with Crippen LogP contribution >= 0.6 is 15.9 Å². The number of hydrogen-bond acceptors (Lipinski definition) is 4. The largest absolute Gasteiger partial charge is 0.492 e. The Morgan fingerprint density at radius 1 is 1.23 bits per heavy atom. The van der Waals surface area contributed by atoms with Gasteiger partial charge in [0.1, 0.15) is 16.5 Å². The summed E-state index contributed by atoms with van der Waals surface area (Å²) in [5, 5.41) is 2.57. The molecule has 0 heterocycles. The van der Waals surface area contributed by atoms with E-state index < -0.39 is 21.7 Å². The highest BCUT2D eigenvalue weighted by molar-refractivity contribution is 9.10. The number of nitrogens with one attached hydrogen (secondary N) is 1. The van der Waals surface area contributed by atoms with Crippen molar-refractivity contribution in [1.29, 1.82) is 0 Å². The number of ether oxygens (including phenoxy) is 1. The summed E-state index contributed by atoms with van der Waals surface area (Å²) in [6.45, 7) is 2.03. The second kappa shape index (κ2) is 8.15. The molecule has 0 aliphatic rings. The predicted molar refractivity (Wildman–Crippen MR) is 101 cm³/mol. The molecule has 9 heteroatoms. The first kappa shape index (κ1) is 20.3. The third-order valence-electron chi connectivity index (χ3n) is 3.44. The zero-order valence-electron chi connectivity index (χ0n) is 14.4. The summed E-state index contributed by atoms with van der Waals surface area (Å²) in [6.07, 6.45) is 0. The number of nitrogens with zero attached hydrogens (tertiary/aromatic N) is 1. The molecule has 0 radical (unpaired) electrons. The van der Waals surface area contributed by atoms with E-state index in [-0.39, 0.29) is 26.4 Å². The molecule has 0 unspecified atom stereocenters. The third-order valence-corrected chi connectivity index (χ3v) is 5.92. The number of amides is 1. The van der Waals surface area contributed by atoms with Crippen LogP contribution in [0.25, 0.3) is 0 Å². The van der Waals surface area contributed by atoms with Crippen molar-refractivity contribution in [1.82, 2.24) is 4.31 Å². The van der Waals surface area contributed by atoms with E-state index in [1.165, 1.54) is 44.4 Å². The molecule has 0 aliphatic carbocycles. The molecule has 2 aromatic carbocycles. The molecule has 2 aromatic rings. The fraction of sp³-hybridized carbons (Fsp3) is 0.235. The van der Waals surface area contributed by atoms with Gasteiger partial charge in [0, 0.05) is 25.3 Å². The van der Waals surface area contributed by atoms with Crippen molar-refractivity contribution < 1.29 is 22.3 Å². The van der Waals surface area contributed by atoms with Gasteiger partial charge < -0.3 is 10.1 Å². The van der Waals surface area contributed by atoms with Crippen molar-refractivity contribution in [2.45, 2.75) is 11.8 Å². The van der Waals surface area contributed by atoms with Crippen LogP contribution in [0.4, 0.5) is 10.1 Å². The lowest BCUT2D eigenvalue weighted by molar-refractivity contribution is 0.102. The standard InChI is InChI=1S/C17H18BrFN2O4S/c1-4-25-15-8-6-12(10-16(15)26(23,24)21(2)3)20-17(22)11-5-7-13(18)14(19)9-11/h5-10H,4H2,1-3H3,(H,20,22). The molecule has 1 N–H and O–H groups in total. The number of sulfonamides is 1. The summed E-state index contributed by atoms with van der Waals surface area (Å²) in [5.41, 5.74) is 0.360. The Morgan fingerprint density at radius 3 is 2.50 bits per heavy atom. The van der Waals surface area contributed by atoms with Crippen LogP contribution in [0.5, 0.6) is 5.75 Å². The van der Waals surface area contributed by atoms with Crippen molar-refractivity contribution in [3.05, 3.63) is 52.3 Å². The van der Waals surface area contributed by atoms with Crippen LogP contribution in [0.15, 0.2) is 45.8 Å². The number of halogens is 2. The first-order chi connectivity index (χ1) is 12.2. The number of rotatable bonds is 6. The van der Waals surface area contributed by atoms with E-state index in [4.69, 9.17) is 4.74 Å². The molecule has 1 amide bonds. The van der Waals surface area contributed by atoms with Crippen LogP contribution in [-0.2, 0) is 10.0 Å². The molecule has 6 nitrogen and oxygen atoms in total. The van der Waals surface area contributed by atoms with Crippen LogP contribution in [0.1, 0.15) is 17.3 Å². The number of carbonyl (C=O) groups excluding carboxylic acids is 1. The molecule has 0 atom stereocenters. The molecule has 0 aromatic heterocycles. The summed E-state index contributed by atoms with van der Waals surface area (Å²) in [6, 6.07) is 8.27. The Balaban J connectivity index is 2.38. The highest BCUT2D eigenvalue weighted by Crippen LogP contribution is 2.29. The molecule has 0 saturated carbocycles. The summed E-state index contributed by atoms with van der Waals surface area (Å²) >= 11 is 3.02. The van der Waals surface area contributed by atoms with Gasteiger partial charge in [0.05, 0.1) is 11.1 Å². The average Bonchev–Trinajstić information content (AvgIpc) is 2.58. The number of carbonyl (C=O) groups is 1. The number of benzene rings is 2. The summed E-state index contributed by atoms with van der Waals surface area (Å²) in [5.74, 6) is -0.942. The maximum absolute atomic E-state index is 13.6. The van der Waals surface area contributed by atoms with E-state index in [0.717, 1.165) is 10.4 Å². The molecule has 2 rings (SSSR count). The van der Waals surface area contributed by atoms with Gasteiger partial charge in [-0.1, -0.05) is 0 Å². The first-order valence-corrected chi connectivity index (χ1v) is 9.86. The summed E-state index contributed by atoms with van der Waals surface area (Å²) < 4.78 is 45.3. The van der Waals surface area contributed by atoms with E-state index in [2.05, 4.69) is 21.2 Å². The van der Waals surface area contributed by atoms with Crippen LogP contribution in [0.3, 0.4) is 0 Å². The van der Waals surface area contributed by atoms with Gasteiger partial charge >= 0.3 is 0 Å². The molecule has 26 heavy (non-hydrogen) atoms. The van der Waals surface area contributed by atoms with Crippen LogP contribution < -0.4 is 10.1 Å². The Kier molecular flexibility index (Phi) is 6.38. The van der Waals surface area contributed by atoms with Crippen molar-refractivity contribution in [2.75, 3.05) is 26.0 Å². The maximum atomic E-state index is 13.6. The quantitative estimate of drug-likeness (QED) is 0.739. The lowest BCUT2D eigenvalue weighted by Gasteiger charge is -2.16. The summed E-state index contributed by atoms with van der Waals surface area (Å²) in [4.78, 5) is 12.2. The van der Waals surface area contributed by atoms with E-state index in [9.17, 15) is 17.6 Å². The van der Waals surface area contributed by atoms with E-state index >= 15 is 0 Å². The number of hydrogen-bond donors (Lipinski definition) is 1. The van der Waals surface area contributed by atoms with Crippen LogP contribution in [0.2, 0.25) is 0 Å². The van der Waals surface area contributed by atoms with Gasteiger partial charge in [-0.25, -0.2) is 17.1 Å². The fourth-order valence-electron chi connectivity index (χ4n) is 2.10. The minimum absolute atomic E-state index is 0.0656. The molecular weight excluding hydrogens is 427 g/mol. The second-order valence-electron chi connectivity index (χ2n) is 5.46. The molecule has 0 saturated heterocycles. The highest BCUT2D eigenvalue weighted by atomic mass is 79.9. The van der Waals surface area contributed by atoms with Gasteiger partial charge in [-0.2, -0.15) is 0 Å². The van der Waals surface area contributed by atoms with E-state index in [1.807, 2.05) is 0 Å². The first-order valence-electron chi connectivity index (χ1n) is 7.62. The van der Waals surface area contributed by atoms with Gasteiger partial charge in [-0.05, 0) is 59.3 Å². The van der Waals surface area contributed by atoms with Crippen molar-refractivity contribution in [3.8, 4) is 5.75 Å². The molecular formula is C17H18BrFN2O4S. The second-order valence-corrected chi connectivity index (χ2v) is 8.44. The minimum Gasteiger partial charge on any atom is -0.492 e. The van der Waals surface area contributed by atoms with Crippen molar-refractivity contribution in [3.63, 3.8) is 0 Å². The Morgan fingerprint density at radius 2 is 1.92 bits per heavy atom. The zero-order valence-corrected chi connectivity index (χ0v) is 16.8. The van der Waals surface area contributed by atoms with Crippen molar-refractivity contribution in [2.24, 2.45) is 0 Å². The van der Waals surface area contributed by atoms with Gasteiger partial charge in [0.2, 0.25) is 10.0 Å². The minimum atomic E-state index is -3.77. The molecule has 0 spiro atoms. The Bertz CT molecular complexity index is 932. The number of anilines is 1. The maximum Gasteiger partial charge on any atom is 0.255 e. The topological polar surface area (TPSA) is 75.7 Å². The Hall–Kier alpha value is -1.97. The third kappa shape index (κ3) is 4.40. The van der Waals surface area contributed by atoms with Crippen LogP contribution in [-0.4, -0.2) is 39.3 Å². The Labute approximate surface area is 160 Å². The molecule has 0 bridgehead atoms. The lowest BCUT2D eigenvalue weighted by Crippen LogP contribution is -2.23. The highest BCUT2D eigenvalue weighted by Gasteiger charge is 2.23. The van der Waals surface area contributed by atoms with Gasteiger partial charge in [0.15, 0.2) is 0 Å². The SMILES string of the molecule is CCOc1ccc(NC(=O)c2ccc(Br)c(F)c2)cc1S(=O)(=O)N(C)C. The average molecular weight is 445 g/mol. The van der Waals surface area contributed by atoms with Crippen LogP contribution in [0, 0.1) is 5.82 Å². The monoisotopic (exact) mass is 444 g/mol. The summed E-state index contributed by atoms with van der Waals surface area (Å²) in [7, 11) is -0.967.